The number of aliphatic carboxylic acids is 1. The van der Waals surface area contributed by atoms with E-state index in [4.69, 9.17) is 5.11 Å². The van der Waals surface area contributed by atoms with Gasteiger partial charge < -0.3 is 5.11 Å². The number of rotatable bonds is 12. The number of hydrogen-bond donors (Lipinski definition) is 2. The molecule has 1 unspecified atom stereocenters. The lowest BCUT2D eigenvalue weighted by atomic mass is 10.0. The number of benzene rings is 2. The maximum absolute atomic E-state index is 12.8. The lowest BCUT2D eigenvalue weighted by Crippen LogP contribution is -2.28. The number of sulfonamides is 1. The molecular weight excluding hydrogens is 431 g/mol. The SMILES string of the molecule is O=C(O)CCCCCCCC(NS(=O)(=O)c1ccc(C(F)(F)F)cc1)c1ccccc1. The number of alkyl halides is 3. The minimum absolute atomic E-state index is 0.138. The van der Waals surface area contributed by atoms with Crippen molar-refractivity contribution in [3.8, 4) is 0 Å². The zero-order valence-electron chi connectivity index (χ0n) is 16.9. The third kappa shape index (κ3) is 8.34. The quantitative estimate of drug-likeness (QED) is 0.410. The molecule has 0 aliphatic carbocycles. The fourth-order valence-corrected chi connectivity index (χ4v) is 4.47. The van der Waals surface area contributed by atoms with Gasteiger partial charge in [0, 0.05) is 12.5 Å². The van der Waals surface area contributed by atoms with Crippen molar-refractivity contribution in [1.82, 2.24) is 4.72 Å². The molecule has 0 amide bonds. The second kappa shape index (κ2) is 11.3. The van der Waals surface area contributed by atoms with Crippen LogP contribution in [-0.4, -0.2) is 19.5 Å². The van der Waals surface area contributed by atoms with Gasteiger partial charge in [0.1, 0.15) is 0 Å². The van der Waals surface area contributed by atoms with E-state index in [0.717, 1.165) is 55.5 Å². The summed E-state index contributed by atoms with van der Waals surface area (Å²) in [6.45, 7) is 0. The molecule has 0 heterocycles. The third-order valence-corrected chi connectivity index (χ3v) is 6.36. The molecule has 170 valence electrons. The highest BCUT2D eigenvalue weighted by Crippen LogP contribution is 2.30. The van der Waals surface area contributed by atoms with E-state index in [2.05, 4.69) is 4.72 Å². The summed E-state index contributed by atoms with van der Waals surface area (Å²) in [5.74, 6) is -0.818. The smallest absolute Gasteiger partial charge is 0.416 e. The molecule has 0 aromatic heterocycles. The Morgan fingerprint density at radius 3 is 2.06 bits per heavy atom. The summed E-state index contributed by atoms with van der Waals surface area (Å²) < 4.78 is 66.4. The van der Waals surface area contributed by atoms with Gasteiger partial charge in [-0.05, 0) is 42.7 Å². The van der Waals surface area contributed by atoms with Crippen molar-refractivity contribution in [3.05, 3.63) is 65.7 Å². The summed E-state index contributed by atoms with van der Waals surface area (Å²) in [5, 5.41) is 8.65. The average molecular weight is 458 g/mol. The number of carboxylic acid groups (broad SMARTS) is 1. The molecule has 5 nitrogen and oxygen atoms in total. The highest BCUT2D eigenvalue weighted by molar-refractivity contribution is 7.89. The Hall–Kier alpha value is -2.39. The maximum atomic E-state index is 12.8. The molecule has 0 saturated carbocycles. The van der Waals surface area contributed by atoms with Gasteiger partial charge in [0.15, 0.2) is 0 Å². The van der Waals surface area contributed by atoms with Gasteiger partial charge in [-0.2, -0.15) is 13.2 Å². The molecule has 2 rings (SSSR count). The lowest BCUT2D eigenvalue weighted by molar-refractivity contribution is -0.138. The van der Waals surface area contributed by atoms with E-state index in [0.29, 0.717) is 12.8 Å². The second-order valence-electron chi connectivity index (χ2n) is 7.31. The van der Waals surface area contributed by atoms with Crippen LogP contribution in [0.3, 0.4) is 0 Å². The van der Waals surface area contributed by atoms with Crippen molar-refractivity contribution >= 4 is 16.0 Å². The normalized spacial score (nSPS) is 13.1. The van der Waals surface area contributed by atoms with Crippen LogP contribution < -0.4 is 4.72 Å². The molecule has 0 spiro atoms. The predicted molar refractivity (Wildman–Crippen MR) is 111 cm³/mol. The molecule has 0 bridgehead atoms. The number of carboxylic acids is 1. The molecular formula is C22H26F3NO4S. The Kier molecular flexibility index (Phi) is 9.06. The van der Waals surface area contributed by atoms with Gasteiger partial charge in [-0.25, -0.2) is 13.1 Å². The maximum Gasteiger partial charge on any atom is 0.416 e. The van der Waals surface area contributed by atoms with Crippen LogP contribution in [-0.2, 0) is 21.0 Å². The van der Waals surface area contributed by atoms with Crippen LogP contribution in [0.15, 0.2) is 59.5 Å². The van der Waals surface area contributed by atoms with Gasteiger partial charge in [0.2, 0.25) is 10.0 Å². The van der Waals surface area contributed by atoms with Crippen molar-refractivity contribution in [2.24, 2.45) is 0 Å². The molecule has 2 aromatic rings. The number of halogens is 3. The summed E-state index contributed by atoms with van der Waals surface area (Å²) in [6.07, 6.45) is -0.0830. The van der Waals surface area contributed by atoms with Gasteiger partial charge in [0.25, 0.3) is 0 Å². The Morgan fingerprint density at radius 1 is 0.903 bits per heavy atom. The molecule has 0 saturated heterocycles. The zero-order valence-corrected chi connectivity index (χ0v) is 17.8. The van der Waals surface area contributed by atoms with Gasteiger partial charge in [0.05, 0.1) is 10.5 Å². The van der Waals surface area contributed by atoms with Crippen molar-refractivity contribution in [2.45, 2.75) is 62.1 Å². The molecule has 31 heavy (non-hydrogen) atoms. The van der Waals surface area contributed by atoms with Crippen molar-refractivity contribution in [1.29, 1.82) is 0 Å². The first-order valence-corrected chi connectivity index (χ1v) is 11.5. The zero-order chi connectivity index (χ0) is 22.9. The van der Waals surface area contributed by atoms with Gasteiger partial charge >= 0.3 is 12.1 Å². The summed E-state index contributed by atoms with van der Waals surface area (Å²) >= 11 is 0. The van der Waals surface area contributed by atoms with E-state index in [1.807, 2.05) is 6.07 Å². The largest absolute Gasteiger partial charge is 0.481 e. The van der Waals surface area contributed by atoms with Crippen molar-refractivity contribution in [2.75, 3.05) is 0 Å². The fourth-order valence-electron chi connectivity index (χ4n) is 3.21. The van der Waals surface area contributed by atoms with E-state index in [9.17, 15) is 26.4 Å². The number of unbranched alkanes of at least 4 members (excludes halogenated alkanes) is 4. The van der Waals surface area contributed by atoms with E-state index >= 15 is 0 Å². The van der Waals surface area contributed by atoms with Crippen LogP contribution in [0.4, 0.5) is 13.2 Å². The predicted octanol–water partition coefficient (Wildman–Crippen LogP) is 5.54. The van der Waals surface area contributed by atoms with Crippen molar-refractivity contribution < 1.29 is 31.5 Å². The van der Waals surface area contributed by atoms with E-state index < -0.39 is 33.8 Å². The Labute approximate surface area is 180 Å². The van der Waals surface area contributed by atoms with Gasteiger partial charge in [-0.3, -0.25) is 4.79 Å². The number of carbonyl (C=O) groups is 1. The molecule has 2 aromatic carbocycles. The lowest BCUT2D eigenvalue weighted by Gasteiger charge is -2.20. The standard InChI is InChI=1S/C22H26F3NO4S/c23-22(24,25)18-13-15-19(16-14-18)31(29,30)26-20(17-9-5-4-6-10-17)11-7-2-1-3-8-12-21(27)28/h4-6,9-10,13-16,20,26H,1-3,7-8,11-12H2,(H,27,28). The summed E-state index contributed by atoms with van der Waals surface area (Å²) in [4.78, 5) is 10.3. The molecule has 0 aliphatic heterocycles. The van der Waals surface area contributed by atoms with Crippen molar-refractivity contribution in [3.63, 3.8) is 0 Å². The van der Waals surface area contributed by atoms with E-state index in [1.54, 1.807) is 24.3 Å². The molecule has 2 N–H and O–H groups in total. The van der Waals surface area contributed by atoms with Crippen LogP contribution in [0.1, 0.15) is 62.1 Å². The van der Waals surface area contributed by atoms with Crippen LogP contribution in [0.25, 0.3) is 0 Å². The molecule has 0 radical (unpaired) electrons. The summed E-state index contributed by atoms with van der Waals surface area (Å²) in [7, 11) is -4.01. The van der Waals surface area contributed by atoms with Crippen LogP contribution >= 0.6 is 0 Å². The van der Waals surface area contributed by atoms with E-state index in [1.165, 1.54) is 0 Å². The summed E-state index contributed by atoms with van der Waals surface area (Å²) in [5.41, 5.74) is -0.141. The second-order valence-corrected chi connectivity index (χ2v) is 9.02. The van der Waals surface area contributed by atoms with Crippen LogP contribution in [0.5, 0.6) is 0 Å². The van der Waals surface area contributed by atoms with Crippen LogP contribution in [0.2, 0.25) is 0 Å². The minimum atomic E-state index is -4.53. The molecule has 0 fully saturated rings. The van der Waals surface area contributed by atoms with Gasteiger partial charge in [-0.15, -0.1) is 0 Å². The first-order chi connectivity index (χ1) is 14.6. The monoisotopic (exact) mass is 457 g/mol. The van der Waals surface area contributed by atoms with E-state index in [-0.39, 0.29) is 11.3 Å². The Bertz CT molecular complexity index is 929. The average Bonchev–Trinajstić information content (AvgIpc) is 2.72. The highest BCUT2D eigenvalue weighted by Gasteiger charge is 2.31. The Balaban J connectivity index is 2.02. The number of hydrogen-bond acceptors (Lipinski definition) is 3. The van der Waals surface area contributed by atoms with Gasteiger partial charge in [-0.1, -0.05) is 56.0 Å². The fraction of sp³-hybridized carbons (Fsp3) is 0.409. The summed E-state index contributed by atoms with van der Waals surface area (Å²) in [6, 6.07) is 11.9. The molecule has 9 heteroatoms. The highest BCUT2D eigenvalue weighted by atomic mass is 32.2. The topological polar surface area (TPSA) is 83.5 Å². The minimum Gasteiger partial charge on any atom is -0.481 e. The van der Waals surface area contributed by atoms with Crippen LogP contribution in [0, 0.1) is 0 Å². The third-order valence-electron chi connectivity index (χ3n) is 4.87. The Morgan fingerprint density at radius 2 is 1.48 bits per heavy atom. The molecule has 1 atom stereocenters. The first kappa shape index (κ1) is 24.9. The molecule has 0 aliphatic rings. The number of nitrogens with one attached hydrogen (secondary N) is 1. The first-order valence-electron chi connectivity index (χ1n) is 10.1.